The van der Waals surface area contributed by atoms with Gasteiger partial charge in [-0.2, -0.15) is 0 Å². The molecule has 140 valence electrons. The molecule has 0 N–H and O–H groups in total. The van der Waals surface area contributed by atoms with Gasteiger partial charge in [0.1, 0.15) is 0 Å². The topological polar surface area (TPSA) is 23.6 Å². The largest absolute Gasteiger partial charge is 0.372 e. The molecule has 0 spiro atoms. The van der Waals surface area contributed by atoms with Gasteiger partial charge in [-0.3, -0.25) is 4.79 Å². The molecule has 3 heteroatoms. The maximum atomic E-state index is 13.3. The molecule has 2 atom stereocenters. The lowest BCUT2D eigenvalue weighted by Crippen LogP contribution is -2.37. The number of likely N-dealkylation sites (tertiary alicyclic amines) is 1. The second-order valence-corrected chi connectivity index (χ2v) is 8.47. The van der Waals surface area contributed by atoms with E-state index in [1.807, 2.05) is 18.2 Å². The summed E-state index contributed by atoms with van der Waals surface area (Å²) in [5, 5.41) is 0. The Morgan fingerprint density at radius 2 is 1.81 bits per heavy atom. The first-order valence-electron chi connectivity index (χ1n) is 10.5. The number of fused-ring (bicyclic) bond motifs is 5. The number of aryl methyl sites for hydroxylation is 1. The molecule has 0 saturated carbocycles. The third-order valence-corrected chi connectivity index (χ3v) is 6.72. The highest BCUT2D eigenvalue weighted by Gasteiger charge is 2.41. The van der Waals surface area contributed by atoms with Crippen LogP contribution in [0.3, 0.4) is 0 Å². The standard InChI is InChI=1S/C24H28N2O/c1-17-6-5-7-19(14-17)24(27)26-13-10-18-15-23(26)22-16-20(8-9-21(18)22)25-11-3-2-4-12-25/h5-9,14,16,18,23H,2-4,10-13,15H2,1H3/t18-,23+/m1/s1. The molecule has 2 bridgehead atoms. The Kier molecular flexibility index (Phi) is 4.18. The molecule has 3 aliphatic rings. The van der Waals surface area contributed by atoms with Gasteiger partial charge in [0.05, 0.1) is 6.04 Å². The highest BCUT2D eigenvalue weighted by Crippen LogP contribution is 2.50. The van der Waals surface area contributed by atoms with E-state index >= 15 is 0 Å². The minimum absolute atomic E-state index is 0.193. The second-order valence-electron chi connectivity index (χ2n) is 8.47. The van der Waals surface area contributed by atoms with Crippen molar-refractivity contribution in [1.82, 2.24) is 4.90 Å². The first-order valence-corrected chi connectivity index (χ1v) is 10.5. The van der Waals surface area contributed by atoms with E-state index in [2.05, 4.69) is 41.0 Å². The molecule has 1 amide bonds. The van der Waals surface area contributed by atoms with Crippen molar-refractivity contribution in [3.63, 3.8) is 0 Å². The molecule has 5 rings (SSSR count). The fourth-order valence-corrected chi connectivity index (χ4v) is 5.30. The summed E-state index contributed by atoms with van der Waals surface area (Å²) in [6.07, 6.45) is 6.12. The summed E-state index contributed by atoms with van der Waals surface area (Å²) < 4.78 is 0. The van der Waals surface area contributed by atoms with Crippen LogP contribution in [0, 0.1) is 6.92 Å². The van der Waals surface area contributed by atoms with E-state index in [-0.39, 0.29) is 11.9 Å². The minimum atomic E-state index is 0.193. The van der Waals surface area contributed by atoms with Crippen LogP contribution >= 0.6 is 0 Å². The Bertz CT molecular complexity index is 868. The zero-order valence-corrected chi connectivity index (χ0v) is 16.2. The average Bonchev–Trinajstić information content (AvgIpc) is 3.00. The van der Waals surface area contributed by atoms with Gasteiger partial charge >= 0.3 is 0 Å². The molecule has 2 aromatic carbocycles. The zero-order valence-electron chi connectivity index (χ0n) is 16.2. The number of nitrogens with zero attached hydrogens (tertiary/aromatic N) is 2. The lowest BCUT2D eigenvalue weighted by molar-refractivity contribution is 0.0620. The number of hydrogen-bond donors (Lipinski definition) is 0. The minimum Gasteiger partial charge on any atom is -0.372 e. The van der Waals surface area contributed by atoms with Crippen LogP contribution in [0.2, 0.25) is 0 Å². The SMILES string of the molecule is Cc1cccc(C(=O)N2CC[C@@H]3C[C@H]2c2cc(N4CCCCC4)ccc23)c1. The van der Waals surface area contributed by atoms with E-state index in [1.165, 1.54) is 49.2 Å². The summed E-state index contributed by atoms with van der Waals surface area (Å²) in [5.41, 5.74) is 6.22. The van der Waals surface area contributed by atoms with Crippen molar-refractivity contribution in [3.8, 4) is 0 Å². The molecule has 3 nitrogen and oxygen atoms in total. The quantitative estimate of drug-likeness (QED) is 0.747. The fourth-order valence-electron chi connectivity index (χ4n) is 5.30. The van der Waals surface area contributed by atoms with Crippen LogP contribution in [-0.4, -0.2) is 30.4 Å². The summed E-state index contributed by atoms with van der Waals surface area (Å²) in [7, 11) is 0. The monoisotopic (exact) mass is 360 g/mol. The lowest BCUT2D eigenvalue weighted by atomic mass is 9.95. The predicted molar refractivity (Wildman–Crippen MR) is 109 cm³/mol. The van der Waals surface area contributed by atoms with E-state index < -0.39 is 0 Å². The third-order valence-electron chi connectivity index (χ3n) is 6.72. The van der Waals surface area contributed by atoms with Gasteiger partial charge in [-0.15, -0.1) is 0 Å². The van der Waals surface area contributed by atoms with Crippen molar-refractivity contribution in [3.05, 3.63) is 64.7 Å². The zero-order chi connectivity index (χ0) is 18.4. The highest BCUT2D eigenvalue weighted by atomic mass is 16.2. The third kappa shape index (κ3) is 2.93. The number of hydrogen-bond acceptors (Lipinski definition) is 2. The molecule has 0 aromatic heterocycles. The van der Waals surface area contributed by atoms with Crippen LogP contribution in [0.4, 0.5) is 5.69 Å². The summed E-state index contributed by atoms with van der Waals surface area (Å²) in [6, 6.07) is 15.3. The molecule has 27 heavy (non-hydrogen) atoms. The second kappa shape index (κ2) is 6.70. The summed E-state index contributed by atoms with van der Waals surface area (Å²) in [5.74, 6) is 0.820. The van der Waals surface area contributed by atoms with Crippen molar-refractivity contribution in [2.24, 2.45) is 0 Å². The highest BCUT2D eigenvalue weighted by molar-refractivity contribution is 5.95. The summed E-state index contributed by atoms with van der Waals surface area (Å²) >= 11 is 0. The van der Waals surface area contributed by atoms with Crippen LogP contribution in [0.15, 0.2) is 42.5 Å². The number of carbonyl (C=O) groups excluding carboxylic acids is 1. The summed E-state index contributed by atoms with van der Waals surface area (Å²) in [4.78, 5) is 17.9. The normalized spacial score (nSPS) is 24.0. The van der Waals surface area contributed by atoms with Crippen molar-refractivity contribution in [1.29, 1.82) is 0 Å². The maximum Gasteiger partial charge on any atom is 0.254 e. The van der Waals surface area contributed by atoms with E-state index in [9.17, 15) is 4.79 Å². The fraction of sp³-hybridized carbons (Fsp3) is 0.458. The lowest BCUT2D eigenvalue weighted by Gasteiger charge is -2.34. The molecule has 2 fully saturated rings. The average molecular weight is 361 g/mol. The van der Waals surface area contributed by atoms with E-state index in [4.69, 9.17) is 0 Å². The molecular weight excluding hydrogens is 332 g/mol. The number of benzene rings is 2. The van der Waals surface area contributed by atoms with Crippen LogP contribution in [0.25, 0.3) is 0 Å². The maximum absolute atomic E-state index is 13.3. The molecule has 2 heterocycles. The summed E-state index contributed by atoms with van der Waals surface area (Å²) in [6.45, 7) is 5.26. The molecule has 0 radical (unpaired) electrons. The van der Waals surface area contributed by atoms with Gasteiger partial charge in [-0.25, -0.2) is 0 Å². The Morgan fingerprint density at radius 3 is 2.63 bits per heavy atom. The molecule has 1 aliphatic carbocycles. The van der Waals surface area contributed by atoms with Crippen LogP contribution in [-0.2, 0) is 0 Å². The van der Waals surface area contributed by atoms with Gasteiger partial charge in [0.25, 0.3) is 5.91 Å². The van der Waals surface area contributed by atoms with Gasteiger partial charge in [0.15, 0.2) is 0 Å². The van der Waals surface area contributed by atoms with Crippen molar-refractivity contribution < 1.29 is 4.79 Å². The van der Waals surface area contributed by atoms with Crippen molar-refractivity contribution in [2.45, 2.75) is 51.0 Å². The molecule has 2 saturated heterocycles. The van der Waals surface area contributed by atoms with Gasteiger partial charge in [0.2, 0.25) is 0 Å². The Morgan fingerprint density at radius 1 is 0.963 bits per heavy atom. The Labute approximate surface area is 162 Å². The van der Waals surface area contributed by atoms with Crippen LogP contribution in [0.5, 0.6) is 0 Å². The predicted octanol–water partition coefficient (Wildman–Crippen LogP) is 5.06. The van der Waals surface area contributed by atoms with Crippen LogP contribution < -0.4 is 4.90 Å². The molecule has 0 unspecified atom stereocenters. The molecule has 2 aliphatic heterocycles. The van der Waals surface area contributed by atoms with Gasteiger partial charge in [0, 0.05) is 30.9 Å². The first kappa shape index (κ1) is 16.9. The van der Waals surface area contributed by atoms with E-state index in [0.29, 0.717) is 5.92 Å². The number of carbonyl (C=O) groups is 1. The Balaban J connectivity index is 1.46. The number of piperidine rings is 2. The smallest absolute Gasteiger partial charge is 0.254 e. The van der Waals surface area contributed by atoms with E-state index in [0.717, 1.165) is 30.5 Å². The van der Waals surface area contributed by atoms with E-state index in [1.54, 1.807) is 0 Å². The number of amides is 1. The number of anilines is 1. The molecular formula is C24H28N2O. The molecule has 2 aromatic rings. The first-order chi connectivity index (χ1) is 13.2. The van der Waals surface area contributed by atoms with Gasteiger partial charge in [-0.05, 0) is 80.3 Å². The van der Waals surface area contributed by atoms with Crippen molar-refractivity contribution in [2.75, 3.05) is 24.5 Å². The number of rotatable bonds is 2. The Hall–Kier alpha value is -2.29. The van der Waals surface area contributed by atoms with Gasteiger partial charge < -0.3 is 9.80 Å². The van der Waals surface area contributed by atoms with Crippen LogP contribution in [0.1, 0.15) is 71.1 Å². The van der Waals surface area contributed by atoms with Gasteiger partial charge in [-0.1, -0.05) is 23.8 Å². The van der Waals surface area contributed by atoms with Crippen molar-refractivity contribution >= 4 is 11.6 Å².